The lowest BCUT2D eigenvalue weighted by Crippen LogP contribution is -2.59. The average Bonchev–Trinajstić information content (AvgIpc) is 2.55. The van der Waals surface area contributed by atoms with Gasteiger partial charge in [-0.1, -0.05) is 19.9 Å². The van der Waals surface area contributed by atoms with Crippen LogP contribution in [0, 0.1) is 5.92 Å². The third kappa shape index (κ3) is 6.24. The molecule has 2 amide bonds. The van der Waals surface area contributed by atoms with Crippen LogP contribution in [0.3, 0.4) is 0 Å². The molecule has 0 aromatic carbocycles. The summed E-state index contributed by atoms with van der Waals surface area (Å²) >= 11 is 1.76. The molecule has 1 aliphatic rings. The van der Waals surface area contributed by atoms with Gasteiger partial charge < -0.3 is 15.3 Å². The zero-order chi connectivity index (χ0) is 20.9. The minimum absolute atomic E-state index is 0.0452. The number of hydrogen-bond acceptors (Lipinski definition) is 5. The predicted molar refractivity (Wildman–Crippen MR) is 109 cm³/mol. The summed E-state index contributed by atoms with van der Waals surface area (Å²) in [4.78, 5) is 39.9. The number of likely N-dealkylation sites (N-methyl/N-ethyl adjacent to an activating group) is 2. The molecule has 1 fully saturated rings. The summed E-state index contributed by atoms with van der Waals surface area (Å²) in [6, 6.07) is -0.653. The van der Waals surface area contributed by atoms with Crippen LogP contribution in [0.25, 0.3) is 0 Å². The molecule has 154 valence electrons. The molecule has 0 spiro atoms. The molecule has 0 radical (unpaired) electrons. The van der Waals surface area contributed by atoms with E-state index >= 15 is 0 Å². The Bertz CT molecular complexity index is 604. The molecule has 2 atom stereocenters. The second-order valence-electron chi connectivity index (χ2n) is 7.95. The Morgan fingerprint density at radius 3 is 2.44 bits per heavy atom. The molecule has 0 aromatic rings. The van der Waals surface area contributed by atoms with Gasteiger partial charge in [-0.15, -0.1) is 0 Å². The summed E-state index contributed by atoms with van der Waals surface area (Å²) in [5.74, 6) is -0.394. The van der Waals surface area contributed by atoms with Crippen molar-refractivity contribution in [1.29, 1.82) is 0 Å². The molecule has 1 unspecified atom stereocenters. The highest BCUT2D eigenvalue weighted by Gasteiger charge is 2.41. The van der Waals surface area contributed by atoms with E-state index in [1.54, 1.807) is 24.9 Å². The lowest BCUT2D eigenvalue weighted by molar-refractivity contribution is -0.135. The van der Waals surface area contributed by atoms with Gasteiger partial charge >= 0.3 is 5.97 Å². The number of hydrogen-bond donors (Lipinski definition) is 2. The summed E-state index contributed by atoms with van der Waals surface area (Å²) in [6.45, 7) is 10.2. The fourth-order valence-corrected chi connectivity index (χ4v) is 4.69. The van der Waals surface area contributed by atoms with Crippen LogP contribution in [0.15, 0.2) is 11.6 Å². The van der Waals surface area contributed by atoms with Crippen LogP contribution in [0.2, 0.25) is 0 Å². The zero-order valence-electron chi connectivity index (χ0n) is 17.4. The number of nitrogens with zero attached hydrogens (tertiary/aromatic N) is 2. The number of carbonyl (C=O) groups is 3. The first-order valence-electron chi connectivity index (χ1n) is 9.17. The highest BCUT2D eigenvalue weighted by molar-refractivity contribution is 8.00. The van der Waals surface area contributed by atoms with Gasteiger partial charge in [-0.05, 0) is 33.7 Å². The highest BCUT2D eigenvalue weighted by atomic mass is 32.2. The summed E-state index contributed by atoms with van der Waals surface area (Å²) in [5, 5.41) is 11.9. The van der Waals surface area contributed by atoms with E-state index in [9.17, 15) is 14.4 Å². The minimum atomic E-state index is -1.00. The van der Waals surface area contributed by atoms with Crippen LogP contribution in [-0.4, -0.2) is 82.5 Å². The summed E-state index contributed by atoms with van der Waals surface area (Å²) in [5.41, 5.74) is 0.194. The highest BCUT2D eigenvalue weighted by Crippen LogP contribution is 2.34. The van der Waals surface area contributed by atoms with Gasteiger partial charge in [0.15, 0.2) is 0 Å². The summed E-state index contributed by atoms with van der Waals surface area (Å²) in [7, 11) is 3.56. The molecule has 27 heavy (non-hydrogen) atoms. The molecule has 8 heteroatoms. The molecule has 0 saturated carbocycles. The van der Waals surface area contributed by atoms with Crippen molar-refractivity contribution in [2.24, 2.45) is 5.92 Å². The van der Waals surface area contributed by atoms with Crippen LogP contribution >= 0.6 is 11.8 Å². The minimum Gasteiger partial charge on any atom is -0.478 e. The first kappa shape index (κ1) is 23.5. The molecular formula is C19H33N3O4S. The van der Waals surface area contributed by atoms with E-state index in [1.807, 2.05) is 39.6 Å². The monoisotopic (exact) mass is 399 g/mol. The molecule has 1 aliphatic heterocycles. The molecule has 1 heterocycles. The standard InChI is InChI=1S/C19H33N3O4S/c1-12(2)14(10-13(3)18(25)26)22(7)15(23)11-20-17(24)16-19(4,5)27-9-8-21(16)6/h10,12,14,16H,8-9,11H2,1-7H3,(H,20,24)(H,25,26)/t14-,16?/m1/s1. The molecule has 0 aliphatic carbocycles. The average molecular weight is 400 g/mol. The van der Waals surface area contributed by atoms with Gasteiger partial charge in [-0.2, -0.15) is 11.8 Å². The number of aliphatic carboxylic acids is 1. The Balaban J connectivity index is 2.78. The largest absolute Gasteiger partial charge is 0.478 e. The lowest BCUT2D eigenvalue weighted by Gasteiger charge is -2.43. The maximum Gasteiger partial charge on any atom is 0.331 e. The van der Waals surface area contributed by atoms with Crippen molar-refractivity contribution in [2.75, 3.05) is 32.9 Å². The topological polar surface area (TPSA) is 90.0 Å². The molecule has 0 bridgehead atoms. The fraction of sp³-hybridized carbons (Fsp3) is 0.737. The van der Waals surface area contributed by atoms with Crippen LogP contribution in [0.1, 0.15) is 34.6 Å². The van der Waals surface area contributed by atoms with Crippen molar-refractivity contribution in [1.82, 2.24) is 15.1 Å². The van der Waals surface area contributed by atoms with Crippen molar-refractivity contribution in [3.8, 4) is 0 Å². The molecule has 0 aromatic heterocycles. The molecular weight excluding hydrogens is 366 g/mol. The number of nitrogens with one attached hydrogen (secondary N) is 1. The normalized spacial score (nSPS) is 21.6. The van der Waals surface area contributed by atoms with Gasteiger partial charge in [0.2, 0.25) is 11.8 Å². The quantitative estimate of drug-likeness (QED) is 0.630. The van der Waals surface area contributed by atoms with Gasteiger partial charge in [0.05, 0.1) is 12.6 Å². The lowest BCUT2D eigenvalue weighted by atomic mass is 9.99. The van der Waals surface area contributed by atoms with E-state index in [-0.39, 0.29) is 46.7 Å². The van der Waals surface area contributed by atoms with Gasteiger partial charge in [0, 0.05) is 29.7 Å². The number of carbonyl (C=O) groups excluding carboxylic acids is 2. The maximum absolute atomic E-state index is 12.7. The van der Waals surface area contributed by atoms with Gasteiger partial charge in [-0.25, -0.2) is 4.79 Å². The second kappa shape index (κ2) is 9.59. The van der Waals surface area contributed by atoms with E-state index in [1.165, 1.54) is 11.8 Å². The van der Waals surface area contributed by atoms with Gasteiger partial charge in [0.1, 0.15) is 6.04 Å². The van der Waals surface area contributed by atoms with E-state index in [0.717, 1.165) is 12.3 Å². The molecule has 7 nitrogen and oxygen atoms in total. The maximum atomic E-state index is 12.7. The number of carboxylic acids is 1. The van der Waals surface area contributed by atoms with Crippen molar-refractivity contribution >= 4 is 29.5 Å². The number of amides is 2. The molecule has 1 rings (SSSR count). The third-order valence-electron chi connectivity index (χ3n) is 4.96. The predicted octanol–water partition coefficient (Wildman–Crippen LogP) is 1.44. The first-order chi connectivity index (χ1) is 12.4. The van der Waals surface area contributed by atoms with Crippen molar-refractivity contribution < 1.29 is 19.5 Å². The van der Waals surface area contributed by atoms with Gasteiger partial charge in [0.25, 0.3) is 0 Å². The number of thioether (sulfide) groups is 1. The Hall–Kier alpha value is -1.54. The van der Waals surface area contributed by atoms with E-state index in [2.05, 4.69) is 5.32 Å². The van der Waals surface area contributed by atoms with E-state index in [0.29, 0.717) is 0 Å². The van der Waals surface area contributed by atoms with Crippen LogP contribution in [-0.2, 0) is 14.4 Å². The number of rotatable bonds is 7. The fourth-order valence-electron chi connectivity index (χ4n) is 3.34. The zero-order valence-corrected chi connectivity index (χ0v) is 18.2. The Morgan fingerprint density at radius 2 is 1.96 bits per heavy atom. The van der Waals surface area contributed by atoms with Crippen LogP contribution in [0.4, 0.5) is 0 Å². The van der Waals surface area contributed by atoms with E-state index in [4.69, 9.17) is 5.11 Å². The third-order valence-corrected chi connectivity index (χ3v) is 6.32. The van der Waals surface area contributed by atoms with E-state index < -0.39 is 5.97 Å². The Labute approximate surface area is 166 Å². The Kier molecular flexibility index (Phi) is 8.35. The SMILES string of the molecule is CC(=C[C@H](C(C)C)N(C)C(=O)CNC(=O)C1N(C)CCSC1(C)C)C(=O)O. The molecule has 1 saturated heterocycles. The summed E-state index contributed by atoms with van der Waals surface area (Å²) in [6.07, 6.45) is 1.58. The van der Waals surface area contributed by atoms with Gasteiger partial charge in [-0.3, -0.25) is 14.5 Å². The van der Waals surface area contributed by atoms with Crippen LogP contribution in [0.5, 0.6) is 0 Å². The molecule has 2 N–H and O–H groups in total. The van der Waals surface area contributed by atoms with Crippen molar-refractivity contribution in [2.45, 2.75) is 51.4 Å². The van der Waals surface area contributed by atoms with Crippen molar-refractivity contribution in [3.05, 3.63) is 11.6 Å². The second-order valence-corrected chi connectivity index (χ2v) is 9.70. The smallest absolute Gasteiger partial charge is 0.331 e. The first-order valence-corrected chi connectivity index (χ1v) is 10.2. The van der Waals surface area contributed by atoms with Crippen LogP contribution < -0.4 is 5.32 Å². The Morgan fingerprint density at radius 1 is 1.37 bits per heavy atom. The number of carboxylic acid groups (broad SMARTS) is 1. The van der Waals surface area contributed by atoms with Crippen molar-refractivity contribution in [3.63, 3.8) is 0 Å². The summed E-state index contributed by atoms with van der Waals surface area (Å²) < 4.78 is -0.228.